The first-order valence-electron chi connectivity index (χ1n) is 8.85. The minimum Gasteiger partial charge on any atom is -0.469 e. The summed E-state index contributed by atoms with van der Waals surface area (Å²) in [6.45, 7) is 2.50. The van der Waals surface area contributed by atoms with Crippen LogP contribution < -0.4 is 10.2 Å². The topological polar surface area (TPSA) is 57.2 Å². The Morgan fingerprint density at radius 3 is 2.38 bits per heavy atom. The predicted octanol–water partition coefficient (Wildman–Crippen LogP) is 2.37. The summed E-state index contributed by atoms with van der Waals surface area (Å²) in [4.78, 5) is 20.3. The molecule has 0 atom stereocenters. The van der Waals surface area contributed by atoms with Gasteiger partial charge in [-0.05, 0) is 37.0 Å². The van der Waals surface area contributed by atoms with Crippen molar-refractivity contribution in [1.29, 1.82) is 0 Å². The maximum absolute atomic E-state index is 11.6. The molecule has 0 saturated carbocycles. The molecule has 1 aromatic carbocycles. The smallest absolute Gasteiger partial charge is 0.308 e. The second-order valence-corrected chi connectivity index (χ2v) is 6.57. The van der Waals surface area contributed by atoms with E-state index in [0.29, 0.717) is 0 Å². The van der Waals surface area contributed by atoms with Crippen molar-refractivity contribution in [1.82, 2.24) is 10.2 Å². The Bertz CT molecular complexity index is 582. The van der Waals surface area contributed by atoms with Crippen LogP contribution in [-0.2, 0) is 16.0 Å². The molecule has 1 fully saturated rings. The van der Waals surface area contributed by atoms with Gasteiger partial charge in [-0.1, -0.05) is 12.1 Å². The van der Waals surface area contributed by atoms with E-state index in [0.717, 1.165) is 44.9 Å². The van der Waals surface area contributed by atoms with E-state index >= 15 is 0 Å². The van der Waals surface area contributed by atoms with E-state index in [1.807, 2.05) is 14.1 Å². The molecule has 0 bridgehead atoms. The SMILES string of the molecule is CN=C(NCCc1ccc(N(C)C)cc1)N1CCC(C(=O)OC)CC1.I. The molecule has 0 spiro atoms. The minimum absolute atomic E-state index is 0. The number of carbonyl (C=O) groups is 1. The van der Waals surface area contributed by atoms with Crippen LogP contribution in [0.2, 0.25) is 0 Å². The van der Waals surface area contributed by atoms with Gasteiger partial charge in [-0.25, -0.2) is 0 Å². The van der Waals surface area contributed by atoms with E-state index in [2.05, 4.69) is 44.4 Å². The van der Waals surface area contributed by atoms with Crippen LogP contribution in [0.3, 0.4) is 0 Å². The number of halogens is 1. The van der Waals surface area contributed by atoms with Crippen LogP contribution in [0.15, 0.2) is 29.3 Å². The van der Waals surface area contributed by atoms with Gasteiger partial charge in [0.2, 0.25) is 0 Å². The van der Waals surface area contributed by atoms with Crippen LogP contribution in [-0.4, -0.2) is 64.7 Å². The average molecular weight is 474 g/mol. The van der Waals surface area contributed by atoms with Gasteiger partial charge in [0.15, 0.2) is 5.96 Å². The molecule has 1 heterocycles. The van der Waals surface area contributed by atoms with Gasteiger partial charge in [-0.15, -0.1) is 24.0 Å². The average Bonchev–Trinajstić information content (AvgIpc) is 2.65. The lowest BCUT2D eigenvalue weighted by molar-refractivity contribution is -0.146. The van der Waals surface area contributed by atoms with Crippen molar-refractivity contribution < 1.29 is 9.53 Å². The van der Waals surface area contributed by atoms with Crippen LogP contribution in [0.1, 0.15) is 18.4 Å². The van der Waals surface area contributed by atoms with Gasteiger partial charge in [0, 0.05) is 46.5 Å². The molecule has 7 heteroatoms. The number of nitrogens with zero attached hydrogens (tertiary/aromatic N) is 3. The third-order valence-electron chi connectivity index (χ3n) is 4.69. The van der Waals surface area contributed by atoms with Crippen molar-refractivity contribution in [2.45, 2.75) is 19.3 Å². The van der Waals surface area contributed by atoms with Gasteiger partial charge in [-0.3, -0.25) is 9.79 Å². The van der Waals surface area contributed by atoms with Crippen LogP contribution in [0, 0.1) is 5.92 Å². The van der Waals surface area contributed by atoms with Crippen LogP contribution >= 0.6 is 24.0 Å². The molecule has 1 aromatic rings. The second-order valence-electron chi connectivity index (χ2n) is 6.57. The highest BCUT2D eigenvalue weighted by Crippen LogP contribution is 2.18. The lowest BCUT2D eigenvalue weighted by Crippen LogP contribution is -2.47. The standard InChI is InChI=1S/C19H30N4O2.HI/c1-20-19(23-13-10-16(11-14-23)18(24)25-4)21-12-9-15-5-7-17(8-6-15)22(2)3;/h5-8,16H,9-14H2,1-4H3,(H,20,21);1H. The van der Waals surface area contributed by atoms with Gasteiger partial charge in [0.05, 0.1) is 13.0 Å². The Morgan fingerprint density at radius 2 is 1.88 bits per heavy atom. The number of esters is 1. The number of ether oxygens (including phenoxy) is 1. The quantitative estimate of drug-likeness (QED) is 0.308. The monoisotopic (exact) mass is 474 g/mol. The number of benzene rings is 1. The zero-order valence-corrected chi connectivity index (χ0v) is 18.5. The van der Waals surface area contributed by atoms with E-state index in [1.165, 1.54) is 18.4 Å². The first kappa shape index (κ1) is 22.5. The lowest BCUT2D eigenvalue weighted by Gasteiger charge is -2.33. The van der Waals surface area contributed by atoms with Crippen molar-refractivity contribution in [2.24, 2.45) is 10.9 Å². The largest absolute Gasteiger partial charge is 0.469 e. The van der Waals surface area contributed by atoms with E-state index in [-0.39, 0.29) is 35.9 Å². The van der Waals surface area contributed by atoms with Crippen molar-refractivity contribution in [3.05, 3.63) is 29.8 Å². The number of anilines is 1. The third-order valence-corrected chi connectivity index (χ3v) is 4.69. The molecule has 146 valence electrons. The fraction of sp³-hybridized carbons (Fsp3) is 0.579. The summed E-state index contributed by atoms with van der Waals surface area (Å²) in [6.07, 6.45) is 2.59. The second kappa shape index (κ2) is 11.3. The van der Waals surface area contributed by atoms with Crippen molar-refractivity contribution in [3.8, 4) is 0 Å². The summed E-state index contributed by atoms with van der Waals surface area (Å²) >= 11 is 0. The van der Waals surface area contributed by atoms with Crippen molar-refractivity contribution in [2.75, 3.05) is 52.8 Å². The molecule has 1 aliphatic heterocycles. The maximum Gasteiger partial charge on any atom is 0.308 e. The maximum atomic E-state index is 11.6. The van der Waals surface area contributed by atoms with Gasteiger partial charge in [0.25, 0.3) is 0 Å². The van der Waals surface area contributed by atoms with Crippen molar-refractivity contribution >= 4 is 41.6 Å². The molecule has 0 unspecified atom stereocenters. The normalized spacial score (nSPS) is 15.2. The molecule has 1 aliphatic rings. The summed E-state index contributed by atoms with van der Waals surface area (Å²) < 4.78 is 4.84. The molecule has 1 saturated heterocycles. The number of aliphatic imine (C=N–C) groups is 1. The Kier molecular flexibility index (Phi) is 9.75. The molecule has 2 rings (SSSR count). The number of likely N-dealkylation sites (tertiary alicyclic amines) is 1. The molecule has 0 aromatic heterocycles. The van der Waals surface area contributed by atoms with E-state index < -0.39 is 0 Å². The molecular weight excluding hydrogens is 443 g/mol. The van der Waals surface area contributed by atoms with Gasteiger partial charge < -0.3 is 19.9 Å². The summed E-state index contributed by atoms with van der Waals surface area (Å²) in [5.41, 5.74) is 2.51. The van der Waals surface area contributed by atoms with Crippen LogP contribution in [0.5, 0.6) is 0 Å². The van der Waals surface area contributed by atoms with E-state index in [9.17, 15) is 4.79 Å². The molecule has 0 aliphatic carbocycles. The summed E-state index contributed by atoms with van der Waals surface area (Å²) in [6, 6.07) is 8.62. The Hall–Kier alpha value is -1.51. The fourth-order valence-corrected chi connectivity index (χ4v) is 3.11. The zero-order valence-electron chi connectivity index (χ0n) is 16.2. The molecule has 0 radical (unpaired) electrons. The summed E-state index contributed by atoms with van der Waals surface area (Å²) in [7, 11) is 7.36. The lowest BCUT2D eigenvalue weighted by atomic mass is 9.97. The molecule has 6 nitrogen and oxygen atoms in total. The minimum atomic E-state index is -0.0937. The Labute approximate surface area is 174 Å². The summed E-state index contributed by atoms with van der Waals surface area (Å²) in [5.74, 6) is 0.839. The molecule has 26 heavy (non-hydrogen) atoms. The summed E-state index contributed by atoms with van der Waals surface area (Å²) in [5, 5.41) is 3.43. The van der Waals surface area contributed by atoms with E-state index in [1.54, 1.807) is 7.05 Å². The molecule has 1 N–H and O–H groups in total. The highest BCUT2D eigenvalue weighted by Gasteiger charge is 2.26. The van der Waals surface area contributed by atoms with E-state index in [4.69, 9.17) is 4.74 Å². The van der Waals surface area contributed by atoms with Gasteiger partial charge in [0.1, 0.15) is 0 Å². The van der Waals surface area contributed by atoms with Gasteiger partial charge >= 0.3 is 5.97 Å². The number of methoxy groups -OCH3 is 1. The molecule has 0 amide bonds. The number of nitrogens with one attached hydrogen (secondary N) is 1. The Balaban J connectivity index is 0.00000338. The number of guanidine groups is 1. The highest BCUT2D eigenvalue weighted by atomic mass is 127. The van der Waals surface area contributed by atoms with Crippen LogP contribution in [0.4, 0.5) is 5.69 Å². The van der Waals surface area contributed by atoms with Crippen LogP contribution in [0.25, 0.3) is 0 Å². The number of rotatable bonds is 5. The Morgan fingerprint density at radius 1 is 1.27 bits per heavy atom. The fourth-order valence-electron chi connectivity index (χ4n) is 3.11. The highest BCUT2D eigenvalue weighted by molar-refractivity contribution is 14.0. The number of hydrogen-bond acceptors (Lipinski definition) is 4. The predicted molar refractivity (Wildman–Crippen MR) is 118 cm³/mol. The first-order valence-corrected chi connectivity index (χ1v) is 8.85. The molecular formula is C19H31IN4O2. The first-order chi connectivity index (χ1) is 12.0. The third kappa shape index (κ3) is 6.34. The van der Waals surface area contributed by atoms with Crippen molar-refractivity contribution in [3.63, 3.8) is 0 Å². The number of piperidine rings is 1. The zero-order chi connectivity index (χ0) is 18.2. The number of carbonyl (C=O) groups excluding carboxylic acids is 1. The number of hydrogen-bond donors (Lipinski definition) is 1. The van der Waals surface area contributed by atoms with Gasteiger partial charge in [-0.2, -0.15) is 0 Å².